The van der Waals surface area contributed by atoms with E-state index in [1.165, 1.54) is 31.4 Å². The summed E-state index contributed by atoms with van der Waals surface area (Å²) < 4.78 is 24.9. The molecule has 31 heavy (non-hydrogen) atoms. The van der Waals surface area contributed by atoms with Crippen molar-refractivity contribution in [3.63, 3.8) is 0 Å². The summed E-state index contributed by atoms with van der Waals surface area (Å²) >= 11 is 0.717. The normalized spacial score (nSPS) is 15.0. The Kier molecular flexibility index (Phi) is 6.96. The fourth-order valence-corrected chi connectivity index (χ4v) is 3.67. The van der Waals surface area contributed by atoms with Crippen LogP contribution < -0.4 is 14.8 Å². The lowest BCUT2D eigenvalue weighted by Gasteiger charge is -2.16. The van der Waals surface area contributed by atoms with Crippen molar-refractivity contribution in [2.24, 2.45) is 0 Å². The number of imide groups is 1. The molecule has 0 atom stereocenters. The Hall–Kier alpha value is -3.33. The molecule has 1 heterocycles. The molecule has 0 aliphatic carbocycles. The van der Waals surface area contributed by atoms with Crippen molar-refractivity contribution in [1.82, 2.24) is 4.90 Å². The molecule has 0 radical (unpaired) electrons. The van der Waals surface area contributed by atoms with E-state index < -0.39 is 29.4 Å². The smallest absolute Gasteiger partial charge is 0.294 e. The number of nitrogens with one attached hydrogen (secondary N) is 1. The number of ether oxygens (including phenoxy) is 2. The van der Waals surface area contributed by atoms with Crippen LogP contribution in [0, 0.1) is 5.82 Å². The van der Waals surface area contributed by atoms with Gasteiger partial charge in [0.05, 0.1) is 23.8 Å². The van der Waals surface area contributed by atoms with Crippen LogP contribution in [0.3, 0.4) is 0 Å². The van der Waals surface area contributed by atoms with Crippen molar-refractivity contribution >= 4 is 40.6 Å². The number of anilines is 1. The second-order valence-corrected chi connectivity index (χ2v) is 7.83. The van der Waals surface area contributed by atoms with Gasteiger partial charge in [0.15, 0.2) is 11.5 Å². The van der Waals surface area contributed by atoms with Gasteiger partial charge in [-0.25, -0.2) is 4.39 Å². The second kappa shape index (κ2) is 9.65. The highest BCUT2D eigenvalue weighted by molar-refractivity contribution is 8.18. The minimum Gasteiger partial charge on any atom is -0.493 e. The number of nitrogens with zero attached hydrogens (tertiary/aromatic N) is 1. The van der Waals surface area contributed by atoms with Gasteiger partial charge in [0.1, 0.15) is 12.4 Å². The van der Waals surface area contributed by atoms with Gasteiger partial charge in [-0.2, -0.15) is 0 Å². The van der Waals surface area contributed by atoms with Crippen LogP contribution >= 0.6 is 11.8 Å². The zero-order chi connectivity index (χ0) is 22.5. The summed E-state index contributed by atoms with van der Waals surface area (Å²) in [7, 11) is 1.51. The molecule has 0 bridgehead atoms. The van der Waals surface area contributed by atoms with Crippen molar-refractivity contribution in [3.05, 3.63) is 58.8 Å². The first-order valence-corrected chi connectivity index (χ1v) is 10.2. The standard InChI is InChI=1S/C22H21FN2O5S/c1-13(2)30-20-14(7-6-10-17(20)29-3)11-18-21(27)25(22(28)31-18)12-19(26)24-16-9-5-4-8-15(16)23/h4-11,13H,12H2,1-3H3,(H,24,26)/b18-11-. The summed E-state index contributed by atoms with van der Waals surface area (Å²) in [5, 5.41) is 1.77. The summed E-state index contributed by atoms with van der Waals surface area (Å²) in [6.07, 6.45) is 1.39. The van der Waals surface area contributed by atoms with Gasteiger partial charge < -0.3 is 14.8 Å². The molecule has 1 aliphatic heterocycles. The molecule has 2 aromatic carbocycles. The van der Waals surface area contributed by atoms with E-state index in [9.17, 15) is 18.8 Å². The molecule has 1 saturated heterocycles. The third-order valence-corrected chi connectivity index (χ3v) is 5.10. The van der Waals surface area contributed by atoms with Gasteiger partial charge in [-0.05, 0) is 49.9 Å². The number of para-hydroxylation sites is 2. The van der Waals surface area contributed by atoms with Crippen LogP contribution in [-0.4, -0.2) is 41.7 Å². The summed E-state index contributed by atoms with van der Waals surface area (Å²) in [5.74, 6) is -0.966. The molecule has 7 nitrogen and oxygen atoms in total. The fourth-order valence-electron chi connectivity index (χ4n) is 2.84. The van der Waals surface area contributed by atoms with Crippen LogP contribution in [0.2, 0.25) is 0 Å². The van der Waals surface area contributed by atoms with Crippen molar-refractivity contribution in [3.8, 4) is 11.5 Å². The number of benzene rings is 2. The Morgan fingerprint density at radius 3 is 2.61 bits per heavy atom. The zero-order valence-electron chi connectivity index (χ0n) is 17.2. The van der Waals surface area contributed by atoms with Crippen molar-refractivity contribution < 1.29 is 28.2 Å². The third kappa shape index (κ3) is 5.24. The van der Waals surface area contributed by atoms with Crippen LogP contribution in [-0.2, 0) is 9.59 Å². The molecule has 0 aromatic heterocycles. The Labute approximate surface area is 183 Å². The maximum Gasteiger partial charge on any atom is 0.294 e. The Balaban J connectivity index is 1.79. The lowest BCUT2D eigenvalue weighted by molar-refractivity contribution is -0.127. The van der Waals surface area contributed by atoms with Gasteiger partial charge in [-0.1, -0.05) is 24.3 Å². The van der Waals surface area contributed by atoms with Gasteiger partial charge >= 0.3 is 0 Å². The van der Waals surface area contributed by atoms with Crippen molar-refractivity contribution in [2.45, 2.75) is 20.0 Å². The maximum absolute atomic E-state index is 13.7. The second-order valence-electron chi connectivity index (χ2n) is 6.84. The fraction of sp³-hybridized carbons (Fsp3) is 0.227. The summed E-state index contributed by atoms with van der Waals surface area (Å²) in [6.45, 7) is 3.19. The summed E-state index contributed by atoms with van der Waals surface area (Å²) in [6, 6.07) is 10.8. The molecule has 1 N–H and O–H groups in total. The van der Waals surface area contributed by atoms with Crippen LogP contribution in [0.5, 0.6) is 11.5 Å². The largest absolute Gasteiger partial charge is 0.493 e. The predicted octanol–water partition coefficient (Wildman–Crippen LogP) is 4.30. The quantitative estimate of drug-likeness (QED) is 0.641. The van der Waals surface area contributed by atoms with Gasteiger partial charge in [0.2, 0.25) is 5.91 Å². The van der Waals surface area contributed by atoms with Crippen LogP contribution in [0.1, 0.15) is 19.4 Å². The number of carbonyl (C=O) groups excluding carboxylic acids is 3. The number of amides is 3. The molecular weight excluding hydrogens is 423 g/mol. The summed E-state index contributed by atoms with van der Waals surface area (Å²) in [5.41, 5.74) is 0.538. The lowest BCUT2D eigenvalue weighted by atomic mass is 10.1. The molecular formula is C22H21FN2O5S. The molecule has 2 aromatic rings. The Morgan fingerprint density at radius 1 is 1.19 bits per heavy atom. The average Bonchev–Trinajstić information content (AvgIpc) is 2.98. The van der Waals surface area contributed by atoms with Crippen LogP contribution in [0.4, 0.5) is 14.9 Å². The van der Waals surface area contributed by atoms with Crippen LogP contribution in [0.25, 0.3) is 6.08 Å². The molecule has 0 spiro atoms. The number of thioether (sulfide) groups is 1. The van der Waals surface area contributed by atoms with Gasteiger partial charge in [-0.3, -0.25) is 19.3 Å². The number of hydrogen-bond acceptors (Lipinski definition) is 6. The first-order valence-electron chi connectivity index (χ1n) is 9.43. The highest BCUT2D eigenvalue weighted by atomic mass is 32.2. The summed E-state index contributed by atoms with van der Waals surface area (Å²) in [4.78, 5) is 38.3. The average molecular weight is 444 g/mol. The SMILES string of the molecule is COc1cccc(/C=C2\SC(=O)N(CC(=O)Nc3ccccc3F)C2=O)c1OC(C)C. The molecule has 3 amide bonds. The van der Waals surface area contributed by atoms with E-state index >= 15 is 0 Å². The van der Waals surface area contributed by atoms with Gasteiger partial charge in [0.25, 0.3) is 11.1 Å². The van der Waals surface area contributed by atoms with E-state index in [0.29, 0.717) is 17.1 Å². The minimum atomic E-state index is -0.682. The molecule has 162 valence electrons. The molecule has 3 rings (SSSR count). The number of methoxy groups -OCH3 is 1. The Bertz CT molecular complexity index is 1050. The molecule has 1 fully saturated rings. The number of halogens is 1. The highest BCUT2D eigenvalue weighted by Gasteiger charge is 2.36. The monoisotopic (exact) mass is 444 g/mol. The number of hydrogen-bond donors (Lipinski definition) is 1. The minimum absolute atomic E-state index is 0.0260. The van der Waals surface area contributed by atoms with Crippen LogP contribution in [0.15, 0.2) is 47.4 Å². The Morgan fingerprint density at radius 2 is 1.94 bits per heavy atom. The van der Waals surface area contributed by atoms with E-state index in [-0.39, 0.29) is 16.7 Å². The van der Waals surface area contributed by atoms with Gasteiger partial charge in [0, 0.05) is 5.56 Å². The zero-order valence-corrected chi connectivity index (χ0v) is 18.0. The number of carbonyl (C=O) groups is 3. The lowest BCUT2D eigenvalue weighted by Crippen LogP contribution is -2.36. The van der Waals surface area contributed by atoms with E-state index in [4.69, 9.17) is 9.47 Å². The highest BCUT2D eigenvalue weighted by Crippen LogP contribution is 2.37. The van der Waals surface area contributed by atoms with E-state index in [1.54, 1.807) is 24.3 Å². The van der Waals surface area contributed by atoms with E-state index in [0.717, 1.165) is 16.7 Å². The van der Waals surface area contributed by atoms with E-state index in [1.807, 2.05) is 13.8 Å². The molecule has 0 saturated carbocycles. The third-order valence-electron chi connectivity index (χ3n) is 4.19. The first-order chi connectivity index (χ1) is 14.8. The number of rotatable bonds is 7. The van der Waals surface area contributed by atoms with Gasteiger partial charge in [-0.15, -0.1) is 0 Å². The predicted molar refractivity (Wildman–Crippen MR) is 116 cm³/mol. The molecule has 0 unspecified atom stereocenters. The maximum atomic E-state index is 13.7. The molecule has 1 aliphatic rings. The van der Waals surface area contributed by atoms with E-state index in [2.05, 4.69) is 5.32 Å². The molecule has 9 heteroatoms. The van der Waals surface area contributed by atoms with Crippen molar-refractivity contribution in [1.29, 1.82) is 0 Å². The first kappa shape index (κ1) is 22.4. The van der Waals surface area contributed by atoms with Crippen molar-refractivity contribution in [2.75, 3.05) is 19.0 Å². The topological polar surface area (TPSA) is 84.9 Å².